The fraction of sp³-hybridized carbons (Fsp3) is 0.222. The molecule has 114 valence electrons. The molecule has 22 heavy (non-hydrogen) atoms. The van der Waals surface area contributed by atoms with Gasteiger partial charge >= 0.3 is 0 Å². The van der Waals surface area contributed by atoms with Gasteiger partial charge < -0.3 is 10.4 Å². The first-order valence-electron chi connectivity index (χ1n) is 7.26. The first kappa shape index (κ1) is 14.9. The third-order valence-corrected chi connectivity index (χ3v) is 3.91. The lowest BCUT2D eigenvalue weighted by molar-refractivity contribution is 0.143. The van der Waals surface area contributed by atoms with E-state index in [4.69, 9.17) is 0 Å². The second-order valence-electron chi connectivity index (χ2n) is 5.43. The predicted molar refractivity (Wildman–Crippen MR) is 82.3 cm³/mol. The van der Waals surface area contributed by atoms with Gasteiger partial charge in [0.25, 0.3) is 0 Å². The second-order valence-corrected chi connectivity index (χ2v) is 5.43. The molecule has 1 aliphatic carbocycles. The lowest BCUT2D eigenvalue weighted by Crippen LogP contribution is -2.28. The van der Waals surface area contributed by atoms with Crippen molar-refractivity contribution in [1.29, 1.82) is 0 Å². The van der Waals surface area contributed by atoms with E-state index in [9.17, 15) is 13.9 Å². The van der Waals surface area contributed by atoms with E-state index in [1.54, 1.807) is 6.08 Å². The molecule has 3 rings (SSSR count). The van der Waals surface area contributed by atoms with Crippen molar-refractivity contribution >= 4 is 6.08 Å². The van der Waals surface area contributed by atoms with Crippen molar-refractivity contribution in [1.82, 2.24) is 5.32 Å². The Hall–Kier alpha value is -2.04. The minimum Gasteiger partial charge on any atom is -0.391 e. The molecule has 2 N–H and O–H groups in total. The van der Waals surface area contributed by atoms with Gasteiger partial charge in [0.2, 0.25) is 0 Å². The summed E-state index contributed by atoms with van der Waals surface area (Å²) in [4.78, 5) is 0. The van der Waals surface area contributed by atoms with Gasteiger partial charge in [0.15, 0.2) is 11.6 Å². The zero-order valence-electron chi connectivity index (χ0n) is 12.0. The summed E-state index contributed by atoms with van der Waals surface area (Å²) in [6.07, 6.45) is 3.78. The average Bonchev–Trinajstić information content (AvgIpc) is 2.83. The zero-order valence-corrected chi connectivity index (χ0v) is 12.0. The summed E-state index contributed by atoms with van der Waals surface area (Å²) in [6.45, 7) is 0.537. The number of halogens is 2. The third kappa shape index (κ3) is 3.08. The lowest BCUT2D eigenvalue weighted by Gasteiger charge is -2.16. The van der Waals surface area contributed by atoms with Crippen molar-refractivity contribution < 1.29 is 13.9 Å². The number of aliphatic hydroxyl groups is 1. The van der Waals surface area contributed by atoms with Gasteiger partial charge in [-0.1, -0.05) is 42.5 Å². The van der Waals surface area contributed by atoms with Crippen molar-refractivity contribution in [2.45, 2.75) is 18.6 Å². The Kier molecular flexibility index (Phi) is 4.32. The van der Waals surface area contributed by atoms with E-state index < -0.39 is 17.7 Å². The summed E-state index contributed by atoms with van der Waals surface area (Å²) in [5.41, 5.74) is 2.89. The van der Waals surface area contributed by atoms with Crippen LogP contribution in [0.2, 0.25) is 0 Å². The fourth-order valence-corrected chi connectivity index (χ4v) is 2.83. The number of fused-ring (bicyclic) bond motifs is 1. The van der Waals surface area contributed by atoms with E-state index in [1.807, 2.05) is 30.3 Å². The van der Waals surface area contributed by atoms with Crippen LogP contribution >= 0.6 is 0 Å². The third-order valence-electron chi connectivity index (χ3n) is 3.91. The van der Waals surface area contributed by atoms with E-state index in [1.165, 1.54) is 6.07 Å². The molecule has 0 heterocycles. The Labute approximate surface area is 128 Å². The normalized spacial score (nSPS) is 20.5. The van der Waals surface area contributed by atoms with Crippen LogP contribution in [0.5, 0.6) is 0 Å². The molecule has 2 aromatic carbocycles. The number of nitrogens with one attached hydrogen (secondary N) is 1. The average molecular weight is 301 g/mol. The van der Waals surface area contributed by atoms with Crippen molar-refractivity contribution in [3.05, 3.63) is 76.9 Å². The number of benzene rings is 2. The molecule has 0 saturated carbocycles. The number of rotatable bonds is 4. The van der Waals surface area contributed by atoms with Gasteiger partial charge in [-0.25, -0.2) is 8.78 Å². The summed E-state index contributed by atoms with van der Waals surface area (Å²) in [5, 5.41) is 13.4. The molecule has 0 aliphatic heterocycles. The minimum absolute atomic E-state index is 0.0918. The van der Waals surface area contributed by atoms with Crippen LogP contribution in [0, 0.1) is 11.6 Å². The summed E-state index contributed by atoms with van der Waals surface area (Å²) < 4.78 is 25.9. The fourth-order valence-electron chi connectivity index (χ4n) is 2.83. The maximum atomic E-state index is 13.1. The molecule has 0 fully saturated rings. The van der Waals surface area contributed by atoms with E-state index >= 15 is 0 Å². The van der Waals surface area contributed by atoms with Crippen LogP contribution in [0.25, 0.3) is 6.08 Å². The van der Waals surface area contributed by atoms with Gasteiger partial charge in [-0.2, -0.15) is 0 Å². The molecule has 0 unspecified atom stereocenters. The molecular weight excluding hydrogens is 284 g/mol. The van der Waals surface area contributed by atoms with Crippen molar-refractivity contribution in [2.75, 3.05) is 6.54 Å². The molecule has 2 atom stereocenters. The summed E-state index contributed by atoms with van der Waals surface area (Å²) in [6, 6.07) is 11.7. The topological polar surface area (TPSA) is 32.3 Å². The number of aliphatic hydroxyl groups excluding tert-OH is 1. The SMILES string of the molecule is O[C@@H]1Cc2ccccc2[C@@H]1NC/C=C/c1ccc(F)c(F)c1. The first-order chi connectivity index (χ1) is 10.6. The highest BCUT2D eigenvalue weighted by Crippen LogP contribution is 2.30. The molecule has 2 aromatic rings. The Balaban J connectivity index is 1.61. The van der Waals surface area contributed by atoms with Gasteiger partial charge in [-0.15, -0.1) is 0 Å². The van der Waals surface area contributed by atoms with Crippen LogP contribution in [0.4, 0.5) is 8.78 Å². The van der Waals surface area contributed by atoms with Gasteiger partial charge in [0, 0.05) is 13.0 Å². The van der Waals surface area contributed by atoms with Gasteiger partial charge in [0.1, 0.15) is 0 Å². The van der Waals surface area contributed by atoms with Crippen LogP contribution < -0.4 is 5.32 Å². The Morgan fingerprint density at radius 3 is 2.77 bits per heavy atom. The van der Waals surface area contributed by atoms with Crippen molar-refractivity contribution in [3.63, 3.8) is 0 Å². The molecule has 0 radical (unpaired) electrons. The Morgan fingerprint density at radius 1 is 1.14 bits per heavy atom. The monoisotopic (exact) mass is 301 g/mol. The van der Waals surface area contributed by atoms with Crippen LogP contribution in [-0.2, 0) is 6.42 Å². The first-order valence-corrected chi connectivity index (χ1v) is 7.26. The molecular formula is C18H17F2NO. The smallest absolute Gasteiger partial charge is 0.159 e. The molecule has 0 spiro atoms. The molecule has 0 saturated heterocycles. The van der Waals surface area contributed by atoms with Gasteiger partial charge in [-0.3, -0.25) is 0 Å². The summed E-state index contributed by atoms with van der Waals surface area (Å²) in [7, 11) is 0. The largest absolute Gasteiger partial charge is 0.391 e. The molecule has 0 aromatic heterocycles. The maximum Gasteiger partial charge on any atom is 0.159 e. The molecule has 0 bridgehead atoms. The van der Waals surface area contributed by atoms with E-state index in [0.717, 1.165) is 23.3 Å². The number of hydrogen-bond donors (Lipinski definition) is 2. The molecule has 0 amide bonds. The minimum atomic E-state index is -0.852. The van der Waals surface area contributed by atoms with E-state index in [-0.39, 0.29) is 6.04 Å². The van der Waals surface area contributed by atoms with Gasteiger partial charge in [-0.05, 0) is 28.8 Å². The summed E-state index contributed by atoms with van der Waals surface area (Å²) in [5.74, 6) is -1.70. The highest BCUT2D eigenvalue weighted by atomic mass is 19.2. The van der Waals surface area contributed by atoms with Crippen LogP contribution in [0.15, 0.2) is 48.5 Å². The maximum absolute atomic E-state index is 13.1. The molecule has 2 nitrogen and oxygen atoms in total. The van der Waals surface area contributed by atoms with E-state index in [0.29, 0.717) is 18.5 Å². The lowest BCUT2D eigenvalue weighted by atomic mass is 10.1. The molecule has 4 heteroatoms. The second kappa shape index (κ2) is 6.38. The quantitative estimate of drug-likeness (QED) is 0.909. The Bertz CT molecular complexity index is 699. The standard InChI is InChI=1S/C18H17F2NO/c19-15-8-7-12(10-16(15)20)4-3-9-21-18-14-6-2-1-5-13(14)11-17(18)22/h1-8,10,17-18,21-22H,9,11H2/b4-3+/t17-,18+/m1/s1. The van der Waals surface area contributed by atoms with Crippen molar-refractivity contribution in [2.24, 2.45) is 0 Å². The number of hydrogen-bond acceptors (Lipinski definition) is 2. The highest BCUT2D eigenvalue weighted by Gasteiger charge is 2.29. The van der Waals surface area contributed by atoms with Crippen LogP contribution in [-0.4, -0.2) is 17.8 Å². The van der Waals surface area contributed by atoms with Crippen LogP contribution in [0.3, 0.4) is 0 Å². The predicted octanol–water partition coefficient (Wildman–Crippen LogP) is 3.23. The van der Waals surface area contributed by atoms with Crippen molar-refractivity contribution in [3.8, 4) is 0 Å². The van der Waals surface area contributed by atoms with E-state index in [2.05, 4.69) is 5.32 Å². The Morgan fingerprint density at radius 2 is 1.95 bits per heavy atom. The van der Waals surface area contributed by atoms with Gasteiger partial charge in [0.05, 0.1) is 12.1 Å². The summed E-state index contributed by atoms with van der Waals surface area (Å²) >= 11 is 0. The van der Waals surface area contributed by atoms with Crippen LogP contribution in [0.1, 0.15) is 22.7 Å². The molecule has 1 aliphatic rings. The highest BCUT2D eigenvalue weighted by molar-refractivity contribution is 5.49. The zero-order chi connectivity index (χ0) is 15.5.